The maximum absolute atomic E-state index is 12.5. The number of rotatable bonds is 7. The number of hydrogen-bond donors (Lipinski definition) is 1. The predicted molar refractivity (Wildman–Crippen MR) is 128 cm³/mol. The number of ether oxygens (including phenoxy) is 1. The standard InChI is InChI=1S/C27H26N2O2/c1-19(2)15-16-31-23-13-11-20(12-14-23)27(30)29-28-18-26-24-9-5-3-7-21(24)17-22-8-4-6-10-25(22)26/h3-14,17-19H,15-16H2,1-2H3,(H,29,30)/b28-18+. The van der Waals surface area contributed by atoms with Crippen LogP contribution in [0.4, 0.5) is 0 Å². The molecule has 4 rings (SSSR count). The molecule has 0 saturated heterocycles. The largest absolute Gasteiger partial charge is 0.494 e. The Balaban J connectivity index is 1.49. The van der Waals surface area contributed by atoms with Crippen molar-refractivity contribution in [3.05, 3.63) is 90.0 Å². The van der Waals surface area contributed by atoms with E-state index in [0.717, 1.165) is 39.3 Å². The number of hydrazone groups is 1. The Labute approximate surface area is 182 Å². The molecule has 0 aliphatic carbocycles. The summed E-state index contributed by atoms with van der Waals surface area (Å²) in [6.07, 6.45) is 2.73. The zero-order valence-electron chi connectivity index (χ0n) is 17.8. The van der Waals surface area contributed by atoms with Crippen molar-refractivity contribution >= 4 is 33.7 Å². The second-order valence-corrected chi connectivity index (χ2v) is 7.99. The van der Waals surface area contributed by atoms with Crippen LogP contribution < -0.4 is 10.2 Å². The van der Waals surface area contributed by atoms with Gasteiger partial charge >= 0.3 is 0 Å². The molecule has 0 aliphatic rings. The third kappa shape index (κ3) is 4.92. The molecule has 0 saturated carbocycles. The second kappa shape index (κ2) is 9.43. The first-order valence-corrected chi connectivity index (χ1v) is 10.6. The molecule has 0 unspecified atom stereocenters. The number of hydrogen-bond acceptors (Lipinski definition) is 3. The van der Waals surface area contributed by atoms with Crippen molar-refractivity contribution < 1.29 is 9.53 Å². The number of carbonyl (C=O) groups is 1. The van der Waals surface area contributed by atoms with Crippen LogP contribution >= 0.6 is 0 Å². The Kier molecular flexibility index (Phi) is 6.27. The molecule has 0 aromatic heterocycles. The lowest BCUT2D eigenvalue weighted by Gasteiger charge is -2.09. The maximum atomic E-state index is 12.5. The lowest BCUT2D eigenvalue weighted by atomic mass is 9.97. The fraction of sp³-hybridized carbons (Fsp3) is 0.185. The third-order valence-electron chi connectivity index (χ3n) is 5.25. The highest BCUT2D eigenvalue weighted by Crippen LogP contribution is 2.27. The van der Waals surface area contributed by atoms with Gasteiger partial charge in [-0.3, -0.25) is 4.79 Å². The summed E-state index contributed by atoms with van der Waals surface area (Å²) >= 11 is 0. The van der Waals surface area contributed by atoms with E-state index in [1.807, 2.05) is 36.4 Å². The molecule has 0 bridgehead atoms. The maximum Gasteiger partial charge on any atom is 0.271 e. The van der Waals surface area contributed by atoms with E-state index in [2.05, 4.69) is 54.7 Å². The molecule has 1 amide bonds. The van der Waals surface area contributed by atoms with Crippen molar-refractivity contribution in [3.63, 3.8) is 0 Å². The molecule has 1 N–H and O–H groups in total. The minimum atomic E-state index is -0.255. The average Bonchev–Trinajstić information content (AvgIpc) is 2.78. The quantitative estimate of drug-likeness (QED) is 0.225. The van der Waals surface area contributed by atoms with E-state index in [1.165, 1.54) is 0 Å². The zero-order valence-corrected chi connectivity index (χ0v) is 17.8. The topological polar surface area (TPSA) is 50.7 Å². The van der Waals surface area contributed by atoms with E-state index in [0.29, 0.717) is 18.1 Å². The van der Waals surface area contributed by atoms with Crippen molar-refractivity contribution in [2.75, 3.05) is 6.61 Å². The molecule has 0 heterocycles. The molecular formula is C27H26N2O2. The van der Waals surface area contributed by atoms with Crippen LogP contribution in [0.15, 0.2) is 84.0 Å². The highest BCUT2D eigenvalue weighted by Gasteiger charge is 2.07. The number of benzene rings is 4. The van der Waals surface area contributed by atoms with Gasteiger partial charge < -0.3 is 4.74 Å². The van der Waals surface area contributed by atoms with Crippen molar-refractivity contribution in [2.45, 2.75) is 20.3 Å². The summed E-state index contributed by atoms with van der Waals surface area (Å²) in [6, 6.07) is 25.7. The fourth-order valence-corrected chi connectivity index (χ4v) is 3.52. The van der Waals surface area contributed by atoms with Gasteiger partial charge in [-0.15, -0.1) is 0 Å². The summed E-state index contributed by atoms with van der Waals surface area (Å²) in [4.78, 5) is 12.5. The van der Waals surface area contributed by atoms with Crippen molar-refractivity contribution in [1.29, 1.82) is 0 Å². The van der Waals surface area contributed by atoms with E-state index in [4.69, 9.17) is 4.74 Å². The second-order valence-electron chi connectivity index (χ2n) is 7.99. The fourth-order valence-electron chi connectivity index (χ4n) is 3.52. The minimum absolute atomic E-state index is 0.255. The molecule has 4 nitrogen and oxygen atoms in total. The molecule has 0 fully saturated rings. The monoisotopic (exact) mass is 410 g/mol. The molecule has 4 aromatic rings. The van der Waals surface area contributed by atoms with Crippen LogP contribution in [0.2, 0.25) is 0 Å². The van der Waals surface area contributed by atoms with Crippen molar-refractivity contribution in [3.8, 4) is 5.75 Å². The third-order valence-corrected chi connectivity index (χ3v) is 5.25. The normalized spacial score (nSPS) is 11.5. The van der Waals surface area contributed by atoms with Gasteiger partial charge in [0.1, 0.15) is 5.75 Å². The van der Waals surface area contributed by atoms with Crippen LogP contribution in [0, 0.1) is 5.92 Å². The van der Waals surface area contributed by atoms with Crippen molar-refractivity contribution in [2.24, 2.45) is 11.0 Å². The lowest BCUT2D eigenvalue weighted by Crippen LogP contribution is -2.17. The lowest BCUT2D eigenvalue weighted by molar-refractivity contribution is 0.0955. The number of amides is 1. The average molecular weight is 411 g/mol. The summed E-state index contributed by atoms with van der Waals surface area (Å²) in [6.45, 7) is 5.00. The molecule has 0 radical (unpaired) electrons. The molecule has 0 atom stereocenters. The minimum Gasteiger partial charge on any atom is -0.494 e. The number of nitrogens with one attached hydrogen (secondary N) is 1. The SMILES string of the molecule is CC(C)CCOc1ccc(C(=O)N/N=C/c2c3ccccc3cc3ccccc23)cc1. The molecule has 4 aromatic carbocycles. The van der Waals surface area contributed by atoms with E-state index < -0.39 is 0 Å². The molecule has 0 aliphatic heterocycles. The zero-order chi connectivity index (χ0) is 21.6. The summed E-state index contributed by atoms with van der Waals surface area (Å²) in [5, 5.41) is 8.73. The van der Waals surface area contributed by atoms with E-state index >= 15 is 0 Å². The van der Waals surface area contributed by atoms with Crippen LogP contribution in [0.1, 0.15) is 36.2 Å². The number of nitrogens with zero attached hydrogens (tertiary/aromatic N) is 1. The van der Waals surface area contributed by atoms with Gasteiger partial charge in [0.15, 0.2) is 0 Å². The predicted octanol–water partition coefficient (Wildman–Crippen LogP) is 6.18. The van der Waals surface area contributed by atoms with Crippen LogP contribution in [-0.4, -0.2) is 18.7 Å². The Bertz CT molecular complexity index is 1170. The molecule has 4 heteroatoms. The van der Waals surface area contributed by atoms with E-state index in [9.17, 15) is 4.79 Å². The smallest absolute Gasteiger partial charge is 0.271 e. The molecule has 156 valence electrons. The Morgan fingerprint density at radius 1 is 0.935 bits per heavy atom. The Hall–Kier alpha value is -3.66. The van der Waals surface area contributed by atoms with Crippen LogP contribution in [-0.2, 0) is 0 Å². The summed E-state index contributed by atoms with van der Waals surface area (Å²) in [5.74, 6) is 1.11. The first-order valence-electron chi connectivity index (χ1n) is 10.6. The van der Waals surface area contributed by atoms with Crippen molar-refractivity contribution in [1.82, 2.24) is 5.43 Å². The first-order chi connectivity index (χ1) is 15.1. The summed E-state index contributed by atoms with van der Waals surface area (Å²) < 4.78 is 5.71. The van der Waals surface area contributed by atoms with Crippen LogP contribution in [0.25, 0.3) is 21.5 Å². The van der Waals surface area contributed by atoms with Crippen LogP contribution in [0.5, 0.6) is 5.75 Å². The van der Waals surface area contributed by atoms with E-state index in [-0.39, 0.29) is 5.91 Å². The summed E-state index contributed by atoms with van der Waals surface area (Å²) in [5.41, 5.74) is 4.17. The van der Waals surface area contributed by atoms with Gasteiger partial charge in [-0.1, -0.05) is 62.4 Å². The number of carbonyl (C=O) groups excluding carboxylic acids is 1. The first kappa shape index (κ1) is 20.6. The van der Waals surface area contributed by atoms with Gasteiger partial charge in [0.05, 0.1) is 12.8 Å². The highest BCUT2D eigenvalue weighted by molar-refractivity contribution is 6.13. The Morgan fingerprint density at radius 3 is 2.16 bits per heavy atom. The highest BCUT2D eigenvalue weighted by atomic mass is 16.5. The molecule has 0 spiro atoms. The molecule has 31 heavy (non-hydrogen) atoms. The van der Waals surface area contributed by atoms with Crippen LogP contribution in [0.3, 0.4) is 0 Å². The number of fused-ring (bicyclic) bond motifs is 2. The Morgan fingerprint density at radius 2 is 1.55 bits per heavy atom. The van der Waals surface area contributed by atoms with Gasteiger partial charge in [0.2, 0.25) is 0 Å². The molecular weight excluding hydrogens is 384 g/mol. The van der Waals surface area contributed by atoms with Gasteiger partial charge in [-0.25, -0.2) is 5.43 Å². The van der Waals surface area contributed by atoms with E-state index in [1.54, 1.807) is 18.3 Å². The van der Waals surface area contributed by atoms with Gasteiger partial charge in [-0.05, 0) is 64.2 Å². The van der Waals surface area contributed by atoms with Gasteiger partial charge in [0, 0.05) is 11.1 Å². The summed E-state index contributed by atoms with van der Waals surface area (Å²) in [7, 11) is 0. The van der Waals surface area contributed by atoms with Gasteiger partial charge in [-0.2, -0.15) is 5.10 Å². The van der Waals surface area contributed by atoms with Gasteiger partial charge in [0.25, 0.3) is 5.91 Å².